The second-order valence-electron chi connectivity index (χ2n) is 6.09. The molecule has 0 radical (unpaired) electrons. The smallest absolute Gasteiger partial charge is 0.0609 e. The average molecular weight is 230 g/mol. The fourth-order valence-corrected chi connectivity index (χ4v) is 1.67. The lowest BCUT2D eigenvalue weighted by Crippen LogP contribution is -2.52. The van der Waals surface area contributed by atoms with Crippen molar-refractivity contribution in [2.24, 2.45) is 5.41 Å². The predicted octanol–water partition coefficient (Wildman–Crippen LogP) is 1.71. The molecule has 2 N–H and O–H groups in total. The first-order valence-electron chi connectivity index (χ1n) is 6.23. The Bertz CT molecular complexity index is 202. The summed E-state index contributed by atoms with van der Waals surface area (Å²) in [6.45, 7) is 15.2. The molecule has 3 nitrogen and oxygen atoms in total. The van der Waals surface area contributed by atoms with Crippen LogP contribution in [0.2, 0.25) is 0 Å². The van der Waals surface area contributed by atoms with Crippen LogP contribution >= 0.6 is 0 Å². The molecule has 3 heteroatoms. The molecule has 0 aliphatic rings. The van der Waals surface area contributed by atoms with E-state index < -0.39 is 0 Å². The normalized spacial score (nSPS) is 15.6. The minimum atomic E-state index is -0.150. The molecule has 0 aliphatic carbocycles. The van der Waals surface area contributed by atoms with Gasteiger partial charge in [-0.2, -0.15) is 0 Å². The van der Waals surface area contributed by atoms with Crippen LogP contribution in [0.3, 0.4) is 0 Å². The number of rotatable bonds is 7. The van der Waals surface area contributed by atoms with E-state index in [1.807, 2.05) is 0 Å². The molecule has 0 aliphatic heterocycles. The van der Waals surface area contributed by atoms with E-state index in [0.29, 0.717) is 6.04 Å². The van der Waals surface area contributed by atoms with Crippen molar-refractivity contribution in [2.75, 3.05) is 26.7 Å². The standard InChI is InChI=1S/C13H30N2O/c1-8-14-11(2)12(3,4)9-15(7)13(5,6)10-16/h11,14,16H,8-10H2,1-7H3. The number of aliphatic hydroxyl groups excluding tert-OH is 1. The van der Waals surface area contributed by atoms with Crippen LogP contribution in [0.1, 0.15) is 41.5 Å². The van der Waals surface area contributed by atoms with Crippen LogP contribution in [0.5, 0.6) is 0 Å². The third-order valence-electron chi connectivity index (χ3n) is 3.75. The van der Waals surface area contributed by atoms with Crippen molar-refractivity contribution < 1.29 is 5.11 Å². The first-order chi connectivity index (χ1) is 7.17. The zero-order valence-corrected chi connectivity index (χ0v) is 12.1. The van der Waals surface area contributed by atoms with Crippen molar-refractivity contribution in [3.63, 3.8) is 0 Å². The second-order valence-corrected chi connectivity index (χ2v) is 6.09. The molecule has 0 saturated heterocycles. The third kappa shape index (κ3) is 4.40. The summed E-state index contributed by atoms with van der Waals surface area (Å²) in [5.41, 5.74) is 0.0421. The Hall–Kier alpha value is -0.120. The minimum Gasteiger partial charge on any atom is -0.394 e. The van der Waals surface area contributed by atoms with Gasteiger partial charge >= 0.3 is 0 Å². The van der Waals surface area contributed by atoms with E-state index >= 15 is 0 Å². The number of aliphatic hydroxyl groups is 1. The molecule has 0 amide bonds. The second kappa shape index (κ2) is 5.99. The van der Waals surface area contributed by atoms with Crippen LogP contribution in [0, 0.1) is 5.41 Å². The summed E-state index contributed by atoms with van der Waals surface area (Å²) in [7, 11) is 2.08. The average Bonchev–Trinajstić information content (AvgIpc) is 2.17. The maximum absolute atomic E-state index is 9.35. The fourth-order valence-electron chi connectivity index (χ4n) is 1.67. The maximum atomic E-state index is 9.35. The Morgan fingerprint density at radius 2 is 1.75 bits per heavy atom. The SMILES string of the molecule is CCNC(C)C(C)(C)CN(C)C(C)(C)CO. The summed E-state index contributed by atoms with van der Waals surface area (Å²) in [4.78, 5) is 2.24. The third-order valence-corrected chi connectivity index (χ3v) is 3.75. The van der Waals surface area contributed by atoms with Crippen LogP contribution in [0.15, 0.2) is 0 Å². The Balaban J connectivity index is 4.46. The van der Waals surface area contributed by atoms with Gasteiger partial charge in [0.15, 0.2) is 0 Å². The molecule has 0 saturated carbocycles. The van der Waals surface area contributed by atoms with Gasteiger partial charge < -0.3 is 10.4 Å². The van der Waals surface area contributed by atoms with Crippen LogP contribution in [0.25, 0.3) is 0 Å². The summed E-state index contributed by atoms with van der Waals surface area (Å²) in [6, 6.07) is 0.467. The summed E-state index contributed by atoms with van der Waals surface area (Å²) in [6.07, 6.45) is 0. The predicted molar refractivity (Wildman–Crippen MR) is 70.7 cm³/mol. The molecule has 0 rings (SSSR count). The van der Waals surface area contributed by atoms with Crippen molar-refractivity contribution in [3.05, 3.63) is 0 Å². The highest BCUT2D eigenvalue weighted by Crippen LogP contribution is 2.25. The van der Waals surface area contributed by atoms with Crippen molar-refractivity contribution in [1.29, 1.82) is 0 Å². The maximum Gasteiger partial charge on any atom is 0.0609 e. The Kier molecular flexibility index (Phi) is 5.94. The first-order valence-corrected chi connectivity index (χ1v) is 6.23. The zero-order chi connectivity index (χ0) is 13.0. The van der Waals surface area contributed by atoms with Gasteiger partial charge in [-0.15, -0.1) is 0 Å². The zero-order valence-electron chi connectivity index (χ0n) is 12.1. The summed E-state index contributed by atoms with van der Waals surface area (Å²) in [5, 5.41) is 12.8. The Morgan fingerprint density at radius 1 is 1.25 bits per heavy atom. The quantitative estimate of drug-likeness (QED) is 0.699. The number of hydrogen-bond acceptors (Lipinski definition) is 3. The molecule has 0 spiro atoms. The topological polar surface area (TPSA) is 35.5 Å². The van der Waals surface area contributed by atoms with Gasteiger partial charge in [-0.25, -0.2) is 0 Å². The number of likely N-dealkylation sites (N-methyl/N-ethyl adjacent to an activating group) is 1. The summed E-state index contributed by atoms with van der Waals surface area (Å²) >= 11 is 0. The first kappa shape index (κ1) is 15.9. The highest BCUT2D eigenvalue weighted by atomic mass is 16.3. The van der Waals surface area contributed by atoms with Gasteiger partial charge in [0.2, 0.25) is 0 Å². The lowest BCUT2D eigenvalue weighted by Gasteiger charge is -2.42. The van der Waals surface area contributed by atoms with Crippen LogP contribution in [0.4, 0.5) is 0 Å². The van der Waals surface area contributed by atoms with E-state index in [4.69, 9.17) is 0 Å². The monoisotopic (exact) mass is 230 g/mol. The van der Waals surface area contributed by atoms with E-state index in [1.54, 1.807) is 0 Å². The fraction of sp³-hybridized carbons (Fsp3) is 1.00. The molecule has 0 aromatic heterocycles. The molecule has 16 heavy (non-hydrogen) atoms. The van der Waals surface area contributed by atoms with Crippen LogP contribution in [-0.2, 0) is 0 Å². The number of nitrogens with zero attached hydrogens (tertiary/aromatic N) is 1. The Labute approximate surface area is 101 Å². The van der Waals surface area contributed by atoms with E-state index in [1.165, 1.54) is 0 Å². The van der Waals surface area contributed by atoms with Gasteiger partial charge in [-0.05, 0) is 39.8 Å². The molecule has 0 heterocycles. The van der Waals surface area contributed by atoms with Crippen molar-refractivity contribution in [3.8, 4) is 0 Å². The minimum absolute atomic E-state index is 0.150. The van der Waals surface area contributed by atoms with Gasteiger partial charge in [-0.3, -0.25) is 4.90 Å². The molecule has 98 valence electrons. The van der Waals surface area contributed by atoms with Gasteiger partial charge in [0, 0.05) is 18.1 Å². The number of nitrogens with one attached hydrogen (secondary N) is 1. The molecule has 0 bridgehead atoms. The van der Waals surface area contributed by atoms with Crippen molar-refractivity contribution >= 4 is 0 Å². The van der Waals surface area contributed by atoms with Crippen LogP contribution < -0.4 is 5.32 Å². The molecule has 1 atom stereocenters. The summed E-state index contributed by atoms with van der Waals surface area (Å²) < 4.78 is 0. The lowest BCUT2D eigenvalue weighted by atomic mass is 9.83. The summed E-state index contributed by atoms with van der Waals surface area (Å²) in [5.74, 6) is 0. The number of hydrogen-bond donors (Lipinski definition) is 2. The van der Waals surface area contributed by atoms with E-state index in [0.717, 1.165) is 13.1 Å². The molecular weight excluding hydrogens is 200 g/mol. The van der Waals surface area contributed by atoms with Gasteiger partial charge in [0.25, 0.3) is 0 Å². The molecule has 0 aromatic rings. The molecule has 0 aromatic carbocycles. The van der Waals surface area contributed by atoms with Gasteiger partial charge in [-0.1, -0.05) is 20.8 Å². The van der Waals surface area contributed by atoms with E-state index in [-0.39, 0.29) is 17.6 Å². The van der Waals surface area contributed by atoms with Gasteiger partial charge in [0.05, 0.1) is 6.61 Å². The van der Waals surface area contributed by atoms with Crippen molar-refractivity contribution in [1.82, 2.24) is 10.2 Å². The highest BCUT2D eigenvalue weighted by molar-refractivity contribution is 4.87. The highest BCUT2D eigenvalue weighted by Gasteiger charge is 2.31. The molecule has 0 fully saturated rings. The van der Waals surface area contributed by atoms with E-state index in [2.05, 4.69) is 58.8 Å². The van der Waals surface area contributed by atoms with E-state index in [9.17, 15) is 5.11 Å². The molecule has 1 unspecified atom stereocenters. The largest absolute Gasteiger partial charge is 0.394 e. The molecular formula is C13H30N2O. The van der Waals surface area contributed by atoms with Crippen molar-refractivity contribution in [2.45, 2.75) is 53.1 Å². The van der Waals surface area contributed by atoms with Crippen LogP contribution in [-0.4, -0.2) is 48.3 Å². The van der Waals surface area contributed by atoms with Gasteiger partial charge in [0.1, 0.15) is 0 Å². The Morgan fingerprint density at radius 3 is 2.12 bits per heavy atom. The lowest BCUT2D eigenvalue weighted by molar-refractivity contribution is 0.0408.